The van der Waals surface area contributed by atoms with Crippen LogP contribution >= 0.6 is 11.8 Å². The van der Waals surface area contributed by atoms with E-state index in [0.717, 1.165) is 6.42 Å². The molecule has 0 atom stereocenters. The van der Waals surface area contributed by atoms with Gasteiger partial charge in [-0.2, -0.15) is 5.26 Å². The summed E-state index contributed by atoms with van der Waals surface area (Å²) in [5.74, 6) is -0.204. The van der Waals surface area contributed by atoms with Crippen LogP contribution in [-0.2, 0) is 11.2 Å². The molecule has 0 fully saturated rings. The second-order valence-corrected chi connectivity index (χ2v) is 5.90. The summed E-state index contributed by atoms with van der Waals surface area (Å²) in [5.41, 5.74) is 1.19. The Morgan fingerprint density at radius 1 is 1.39 bits per heavy atom. The average molecular weight is 262 g/mol. The van der Waals surface area contributed by atoms with E-state index in [2.05, 4.69) is 43.4 Å². The first kappa shape index (κ1) is 14.6. The zero-order valence-electron chi connectivity index (χ0n) is 10.8. The van der Waals surface area contributed by atoms with E-state index in [9.17, 15) is 4.79 Å². The van der Waals surface area contributed by atoms with Crippen molar-refractivity contribution in [3.05, 3.63) is 29.8 Å². The molecule has 3 nitrogen and oxygen atoms in total. The van der Waals surface area contributed by atoms with Crippen LogP contribution in [0.1, 0.15) is 25.8 Å². The van der Waals surface area contributed by atoms with E-state index >= 15 is 0 Å². The van der Waals surface area contributed by atoms with Crippen LogP contribution in [-0.4, -0.2) is 17.7 Å². The zero-order chi connectivity index (χ0) is 13.4. The van der Waals surface area contributed by atoms with Gasteiger partial charge >= 0.3 is 0 Å². The molecule has 18 heavy (non-hydrogen) atoms. The highest BCUT2D eigenvalue weighted by molar-refractivity contribution is 7.99. The van der Waals surface area contributed by atoms with E-state index in [0.29, 0.717) is 11.8 Å². The lowest BCUT2D eigenvalue weighted by Crippen LogP contribution is -2.24. The number of carbonyl (C=O) groups is 1. The molecule has 0 heterocycles. The van der Waals surface area contributed by atoms with Crippen LogP contribution in [0.25, 0.3) is 0 Å². The number of carbonyl (C=O) groups excluding carboxylic acids is 1. The molecule has 0 aliphatic carbocycles. The normalized spacial score (nSPS) is 10.1. The highest BCUT2D eigenvalue weighted by Gasteiger charge is 2.01. The molecule has 1 amide bonds. The van der Waals surface area contributed by atoms with E-state index in [-0.39, 0.29) is 12.3 Å². The first-order chi connectivity index (χ1) is 8.61. The Morgan fingerprint density at radius 2 is 2.06 bits per heavy atom. The molecule has 1 rings (SSSR count). The maximum atomic E-state index is 11.1. The van der Waals surface area contributed by atoms with Gasteiger partial charge in [0.15, 0.2) is 0 Å². The molecule has 0 aromatic heterocycles. The maximum absolute atomic E-state index is 11.1. The van der Waals surface area contributed by atoms with Gasteiger partial charge in [-0.05, 0) is 24.1 Å². The van der Waals surface area contributed by atoms with Crippen LogP contribution in [0.5, 0.6) is 0 Å². The van der Waals surface area contributed by atoms with Crippen LogP contribution in [0.15, 0.2) is 29.2 Å². The minimum atomic E-state index is -0.204. The minimum Gasteiger partial charge on any atom is -0.355 e. The number of benzene rings is 1. The summed E-state index contributed by atoms with van der Waals surface area (Å²) in [6.45, 7) is 4.92. The fourth-order valence-electron chi connectivity index (χ4n) is 1.49. The van der Waals surface area contributed by atoms with Gasteiger partial charge in [-0.1, -0.05) is 26.0 Å². The molecule has 0 saturated heterocycles. The Hall–Kier alpha value is -1.47. The van der Waals surface area contributed by atoms with Gasteiger partial charge in [0.25, 0.3) is 0 Å². The Morgan fingerprint density at radius 3 is 2.61 bits per heavy atom. The molecule has 0 saturated carbocycles. The van der Waals surface area contributed by atoms with Gasteiger partial charge in [0.1, 0.15) is 6.42 Å². The largest absolute Gasteiger partial charge is 0.355 e. The summed E-state index contributed by atoms with van der Waals surface area (Å²) in [6, 6.07) is 10.2. The van der Waals surface area contributed by atoms with Gasteiger partial charge in [-0.25, -0.2) is 0 Å². The number of hydrogen-bond acceptors (Lipinski definition) is 3. The first-order valence-electron chi connectivity index (χ1n) is 6.01. The maximum Gasteiger partial charge on any atom is 0.234 e. The Kier molecular flexibility index (Phi) is 6.31. The summed E-state index contributed by atoms with van der Waals surface area (Å²) < 4.78 is 0. The van der Waals surface area contributed by atoms with E-state index in [1.54, 1.807) is 0 Å². The van der Waals surface area contributed by atoms with Crippen molar-refractivity contribution in [2.24, 2.45) is 0 Å². The lowest BCUT2D eigenvalue weighted by molar-refractivity contribution is -0.120. The second-order valence-electron chi connectivity index (χ2n) is 4.25. The predicted octanol–water partition coefficient (Wildman–Crippen LogP) is 2.76. The van der Waals surface area contributed by atoms with Gasteiger partial charge in [0, 0.05) is 16.7 Å². The van der Waals surface area contributed by atoms with Gasteiger partial charge in [0.2, 0.25) is 5.91 Å². The summed E-state index contributed by atoms with van der Waals surface area (Å²) >= 11 is 1.84. The van der Waals surface area contributed by atoms with Crippen molar-refractivity contribution in [1.82, 2.24) is 5.32 Å². The van der Waals surface area contributed by atoms with Crippen molar-refractivity contribution in [2.75, 3.05) is 6.54 Å². The summed E-state index contributed by atoms with van der Waals surface area (Å²) in [7, 11) is 0. The van der Waals surface area contributed by atoms with E-state index < -0.39 is 0 Å². The SMILES string of the molecule is CC(C)Sc1ccc(CCNC(=O)CC#N)cc1. The molecule has 0 bridgehead atoms. The van der Waals surface area contributed by atoms with Crippen LogP contribution in [0.4, 0.5) is 0 Å². The van der Waals surface area contributed by atoms with Gasteiger partial charge in [-0.15, -0.1) is 11.8 Å². The van der Waals surface area contributed by atoms with Gasteiger partial charge < -0.3 is 5.32 Å². The molecule has 0 spiro atoms. The van der Waals surface area contributed by atoms with Crippen molar-refractivity contribution in [2.45, 2.75) is 36.8 Å². The Balaban J connectivity index is 2.35. The number of nitriles is 1. The summed E-state index contributed by atoms with van der Waals surface area (Å²) in [6.07, 6.45) is 0.730. The fraction of sp³-hybridized carbons (Fsp3) is 0.429. The highest BCUT2D eigenvalue weighted by atomic mass is 32.2. The first-order valence-corrected chi connectivity index (χ1v) is 6.89. The molecule has 4 heteroatoms. The Bertz CT molecular complexity index is 420. The van der Waals surface area contributed by atoms with Crippen molar-refractivity contribution < 1.29 is 4.79 Å². The highest BCUT2D eigenvalue weighted by Crippen LogP contribution is 2.22. The molecule has 0 unspecified atom stereocenters. The smallest absolute Gasteiger partial charge is 0.234 e. The number of amides is 1. The van der Waals surface area contributed by atoms with Gasteiger partial charge in [0.05, 0.1) is 6.07 Å². The monoisotopic (exact) mass is 262 g/mol. The third-order valence-electron chi connectivity index (χ3n) is 2.27. The summed E-state index contributed by atoms with van der Waals surface area (Å²) in [5, 5.41) is 11.6. The standard InChI is InChI=1S/C14H18N2OS/c1-11(2)18-13-5-3-12(4-6-13)8-10-16-14(17)7-9-15/h3-6,11H,7-8,10H2,1-2H3,(H,16,17). The third-order valence-corrected chi connectivity index (χ3v) is 3.29. The molecule has 0 aliphatic heterocycles. The predicted molar refractivity (Wildman–Crippen MR) is 74.4 cm³/mol. The van der Waals surface area contributed by atoms with Crippen LogP contribution in [0.3, 0.4) is 0 Å². The molecule has 1 aromatic carbocycles. The molecular formula is C14H18N2OS. The average Bonchev–Trinajstić information content (AvgIpc) is 2.31. The van der Waals surface area contributed by atoms with Crippen molar-refractivity contribution in [3.8, 4) is 6.07 Å². The third kappa shape index (κ3) is 5.74. The van der Waals surface area contributed by atoms with Gasteiger partial charge in [-0.3, -0.25) is 4.79 Å². The fourth-order valence-corrected chi connectivity index (χ4v) is 2.32. The molecular weight excluding hydrogens is 244 g/mol. The molecule has 96 valence electrons. The van der Waals surface area contributed by atoms with E-state index in [1.165, 1.54) is 10.5 Å². The number of nitrogens with zero attached hydrogens (tertiary/aromatic N) is 1. The number of thioether (sulfide) groups is 1. The van der Waals surface area contributed by atoms with Crippen molar-refractivity contribution in [3.63, 3.8) is 0 Å². The lowest BCUT2D eigenvalue weighted by atomic mass is 10.1. The molecule has 0 aliphatic rings. The summed E-state index contributed by atoms with van der Waals surface area (Å²) in [4.78, 5) is 12.3. The van der Waals surface area contributed by atoms with E-state index in [1.807, 2.05) is 17.8 Å². The quantitative estimate of drug-likeness (QED) is 0.802. The number of rotatable bonds is 6. The van der Waals surface area contributed by atoms with Crippen molar-refractivity contribution in [1.29, 1.82) is 5.26 Å². The van der Waals surface area contributed by atoms with Crippen LogP contribution < -0.4 is 5.32 Å². The van der Waals surface area contributed by atoms with Crippen LogP contribution in [0, 0.1) is 11.3 Å². The molecule has 1 aromatic rings. The number of nitrogens with one attached hydrogen (secondary N) is 1. The van der Waals surface area contributed by atoms with Crippen LogP contribution in [0.2, 0.25) is 0 Å². The Labute approximate surface area is 113 Å². The second kappa shape index (κ2) is 7.78. The molecule has 1 N–H and O–H groups in total. The number of hydrogen-bond donors (Lipinski definition) is 1. The van der Waals surface area contributed by atoms with E-state index in [4.69, 9.17) is 5.26 Å². The topological polar surface area (TPSA) is 52.9 Å². The van der Waals surface area contributed by atoms with Crippen molar-refractivity contribution >= 4 is 17.7 Å². The molecule has 0 radical (unpaired) electrons. The zero-order valence-corrected chi connectivity index (χ0v) is 11.6. The lowest BCUT2D eigenvalue weighted by Gasteiger charge is -2.06. The minimum absolute atomic E-state index is 0.0655.